The van der Waals surface area contributed by atoms with Gasteiger partial charge in [0, 0.05) is 55.8 Å². The summed E-state index contributed by atoms with van der Waals surface area (Å²) in [6, 6.07) is 11.3. The van der Waals surface area contributed by atoms with Gasteiger partial charge in [-0.25, -0.2) is 9.78 Å². The minimum absolute atomic E-state index is 0.0863. The van der Waals surface area contributed by atoms with Crippen LogP contribution in [0.3, 0.4) is 0 Å². The van der Waals surface area contributed by atoms with Gasteiger partial charge in [-0.2, -0.15) is 18.3 Å². The van der Waals surface area contributed by atoms with Crippen LogP contribution in [0.2, 0.25) is 5.02 Å². The number of alkyl halides is 3. The van der Waals surface area contributed by atoms with Gasteiger partial charge in [-0.3, -0.25) is 29.3 Å². The quantitative estimate of drug-likeness (QED) is 0.185. The van der Waals surface area contributed by atoms with Crippen molar-refractivity contribution in [3.63, 3.8) is 0 Å². The number of methoxy groups -OCH3 is 1. The molecule has 0 atom stereocenters. The number of halogens is 4. The molecule has 0 radical (unpaired) electrons. The summed E-state index contributed by atoms with van der Waals surface area (Å²) in [5, 5.41) is 10.9. The van der Waals surface area contributed by atoms with Crippen molar-refractivity contribution in [1.82, 2.24) is 29.9 Å². The SMILES string of the molecule is COc1cc2nn(C3CCC4(CC3)CCN(CC3CCN(C(=O)c5ccc(Cl)c(N6CCC(=O)NC6=O)c5)CC3)CC4)cc2cc1NC(=O)c1cccc(C(F)(F)F)n1. The van der Waals surface area contributed by atoms with Crippen molar-refractivity contribution in [3.05, 3.63) is 76.7 Å². The number of imide groups is 1. The molecular weight excluding hydrogens is 789 g/mol. The number of anilines is 2. The fourth-order valence-electron chi connectivity index (χ4n) is 9.13. The van der Waals surface area contributed by atoms with E-state index in [0.717, 1.165) is 88.5 Å². The van der Waals surface area contributed by atoms with Gasteiger partial charge in [-0.1, -0.05) is 17.7 Å². The minimum Gasteiger partial charge on any atom is -0.494 e. The Bertz CT molecular complexity index is 2260. The summed E-state index contributed by atoms with van der Waals surface area (Å²) in [5.41, 5.74) is 0.724. The van der Waals surface area contributed by atoms with E-state index in [2.05, 4.69) is 20.5 Å². The number of pyridine rings is 1. The normalized spacial score (nSPS) is 19.6. The second kappa shape index (κ2) is 16.4. The molecule has 4 aliphatic rings. The van der Waals surface area contributed by atoms with Crippen LogP contribution < -0.4 is 20.3 Å². The monoisotopic (exact) mass is 834 g/mol. The lowest BCUT2D eigenvalue weighted by atomic mass is 9.67. The highest BCUT2D eigenvalue weighted by Crippen LogP contribution is 2.48. The van der Waals surface area contributed by atoms with Crippen LogP contribution in [0.15, 0.2) is 54.7 Å². The van der Waals surface area contributed by atoms with Crippen molar-refractivity contribution in [3.8, 4) is 5.75 Å². The maximum absolute atomic E-state index is 13.5. The van der Waals surface area contributed by atoms with E-state index in [4.69, 9.17) is 21.4 Å². The van der Waals surface area contributed by atoms with Gasteiger partial charge in [-0.15, -0.1) is 0 Å². The van der Waals surface area contributed by atoms with E-state index < -0.39 is 23.8 Å². The standard InChI is InChI=1S/C42H46ClF3N8O5/c1-59-35-23-32-28(21-33(35)48-38(56)31-3-2-4-36(47-31)42(44,45)46)25-54(50-32)29-7-12-41(13-8-29)14-19-51(20-15-41)24-26-9-16-52(17-10-26)39(57)27-5-6-30(43)34(22-27)53-18-11-37(55)49-40(53)58/h2-6,21-23,25-26,29H,7-20,24H2,1H3,(H,48,56)(H,49,55,58). The summed E-state index contributed by atoms with van der Waals surface area (Å²) >= 11 is 6.40. The zero-order chi connectivity index (χ0) is 41.5. The van der Waals surface area contributed by atoms with Crippen molar-refractivity contribution in [2.24, 2.45) is 11.3 Å². The molecule has 59 heavy (non-hydrogen) atoms. The second-order valence-corrected chi connectivity index (χ2v) is 16.7. The van der Waals surface area contributed by atoms with Crippen molar-refractivity contribution in [2.45, 2.75) is 70.0 Å². The predicted molar refractivity (Wildman–Crippen MR) is 215 cm³/mol. The van der Waals surface area contributed by atoms with Gasteiger partial charge in [0.25, 0.3) is 11.8 Å². The number of rotatable bonds is 8. The van der Waals surface area contributed by atoms with E-state index in [1.165, 1.54) is 18.1 Å². The molecule has 4 aromatic rings. The van der Waals surface area contributed by atoms with Gasteiger partial charge < -0.3 is 19.9 Å². The fraction of sp³-hybridized carbons (Fsp3) is 0.476. The Labute approximate surface area is 344 Å². The lowest BCUT2D eigenvalue weighted by Crippen LogP contribution is -2.49. The molecule has 0 bridgehead atoms. The van der Waals surface area contributed by atoms with Gasteiger partial charge in [0.2, 0.25) is 5.91 Å². The molecule has 1 aliphatic carbocycles. The number of carbonyl (C=O) groups is 4. The molecule has 5 heterocycles. The van der Waals surface area contributed by atoms with Crippen LogP contribution in [0.25, 0.3) is 10.9 Å². The highest BCUT2D eigenvalue weighted by molar-refractivity contribution is 6.34. The molecule has 4 fully saturated rings. The summed E-state index contributed by atoms with van der Waals surface area (Å²) in [5.74, 6) is -0.342. The van der Waals surface area contributed by atoms with Crippen LogP contribution in [0.1, 0.15) is 90.4 Å². The summed E-state index contributed by atoms with van der Waals surface area (Å²) in [6.45, 7) is 4.68. The molecule has 17 heteroatoms. The molecular formula is C42H46ClF3N8O5. The number of hydrogen-bond acceptors (Lipinski definition) is 8. The number of benzene rings is 2. The molecule has 13 nitrogen and oxygen atoms in total. The highest BCUT2D eigenvalue weighted by atomic mass is 35.5. The van der Waals surface area contributed by atoms with E-state index in [1.54, 1.807) is 30.3 Å². The Kier molecular flexibility index (Phi) is 11.3. The third-order valence-electron chi connectivity index (χ3n) is 12.6. The van der Waals surface area contributed by atoms with Crippen molar-refractivity contribution in [2.75, 3.05) is 56.6 Å². The summed E-state index contributed by atoms with van der Waals surface area (Å²) < 4.78 is 47.1. The summed E-state index contributed by atoms with van der Waals surface area (Å²) in [6.07, 6.45) is 5.86. The molecule has 3 aliphatic heterocycles. The van der Waals surface area contributed by atoms with Crippen molar-refractivity contribution < 1.29 is 37.1 Å². The second-order valence-electron chi connectivity index (χ2n) is 16.3. The van der Waals surface area contributed by atoms with Gasteiger partial charge in [0.1, 0.15) is 17.1 Å². The van der Waals surface area contributed by atoms with Gasteiger partial charge in [-0.05, 0) is 112 Å². The maximum atomic E-state index is 13.5. The third-order valence-corrected chi connectivity index (χ3v) is 12.9. The first-order valence-electron chi connectivity index (χ1n) is 20.1. The molecule has 0 unspecified atom stereocenters. The number of aromatic nitrogens is 3. The molecule has 8 rings (SSSR count). The molecule has 5 amide bonds. The third kappa shape index (κ3) is 8.74. The Morgan fingerprint density at radius 3 is 2.41 bits per heavy atom. The smallest absolute Gasteiger partial charge is 0.433 e. The molecule has 2 aromatic heterocycles. The highest BCUT2D eigenvalue weighted by Gasteiger charge is 2.39. The van der Waals surface area contributed by atoms with Gasteiger partial charge in [0.05, 0.1) is 35.1 Å². The van der Waals surface area contributed by atoms with E-state index in [-0.39, 0.29) is 36.5 Å². The zero-order valence-corrected chi connectivity index (χ0v) is 33.4. The fourth-order valence-corrected chi connectivity index (χ4v) is 9.35. The first kappa shape index (κ1) is 40.6. The average Bonchev–Trinajstić information content (AvgIpc) is 3.65. The van der Waals surface area contributed by atoms with E-state index in [9.17, 15) is 32.3 Å². The number of nitrogens with zero attached hydrogens (tertiary/aromatic N) is 6. The maximum Gasteiger partial charge on any atom is 0.433 e. The first-order chi connectivity index (χ1) is 28.3. The molecule has 3 saturated heterocycles. The van der Waals surface area contributed by atoms with Crippen molar-refractivity contribution >= 4 is 57.6 Å². The van der Waals surface area contributed by atoms with Gasteiger partial charge >= 0.3 is 12.2 Å². The topological polar surface area (TPSA) is 142 Å². The number of hydrogen-bond donors (Lipinski definition) is 2. The number of carbonyl (C=O) groups excluding carboxylic acids is 4. The van der Waals surface area contributed by atoms with E-state index in [0.29, 0.717) is 57.6 Å². The van der Waals surface area contributed by atoms with Crippen LogP contribution >= 0.6 is 11.6 Å². The van der Waals surface area contributed by atoms with Gasteiger partial charge in [0.15, 0.2) is 0 Å². The lowest BCUT2D eigenvalue weighted by molar-refractivity contribution is -0.141. The molecule has 2 aromatic carbocycles. The Morgan fingerprint density at radius 1 is 0.966 bits per heavy atom. The van der Waals surface area contributed by atoms with Crippen LogP contribution in [0, 0.1) is 11.3 Å². The van der Waals surface area contributed by atoms with E-state index >= 15 is 0 Å². The summed E-state index contributed by atoms with van der Waals surface area (Å²) in [7, 11) is 1.46. The Balaban J connectivity index is 0.810. The first-order valence-corrected chi connectivity index (χ1v) is 20.5. The number of amides is 5. The Morgan fingerprint density at radius 2 is 1.71 bits per heavy atom. The van der Waals surface area contributed by atoms with Crippen LogP contribution in [0.4, 0.5) is 29.3 Å². The van der Waals surface area contributed by atoms with Crippen LogP contribution in [-0.4, -0.2) is 94.7 Å². The number of piperidine rings is 2. The number of ether oxygens (including phenoxy) is 1. The van der Waals surface area contributed by atoms with Crippen molar-refractivity contribution in [1.29, 1.82) is 0 Å². The predicted octanol–water partition coefficient (Wildman–Crippen LogP) is 7.56. The molecule has 2 N–H and O–H groups in total. The summed E-state index contributed by atoms with van der Waals surface area (Å²) in [4.78, 5) is 59.8. The number of urea groups is 1. The number of nitrogens with one attached hydrogen (secondary N) is 2. The van der Waals surface area contributed by atoms with Crippen LogP contribution in [-0.2, 0) is 11.0 Å². The lowest BCUT2D eigenvalue weighted by Gasteiger charge is -2.47. The number of fused-ring (bicyclic) bond motifs is 1. The molecule has 1 saturated carbocycles. The molecule has 1 spiro atoms. The Hall–Kier alpha value is -5.22. The zero-order valence-electron chi connectivity index (χ0n) is 32.7. The largest absolute Gasteiger partial charge is 0.494 e. The molecule has 312 valence electrons. The average molecular weight is 835 g/mol. The minimum atomic E-state index is -4.67. The van der Waals surface area contributed by atoms with Crippen LogP contribution in [0.5, 0.6) is 5.75 Å². The number of likely N-dealkylation sites (tertiary alicyclic amines) is 2. The van der Waals surface area contributed by atoms with E-state index in [1.807, 2.05) is 15.8 Å².